The predicted octanol–water partition coefficient (Wildman–Crippen LogP) is 1.49. The molecule has 1 aromatic rings. The van der Waals surface area contributed by atoms with Crippen LogP contribution in [0.5, 0.6) is 0 Å². The molecule has 2 amide bonds. The number of rotatable bonds is 4. The summed E-state index contributed by atoms with van der Waals surface area (Å²) in [5.41, 5.74) is 2.19. The number of amides is 2. The van der Waals surface area contributed by atoms with Gasteiger partial charge in [-0.25, -0.2) is 0 Å². The molecule has 0 saturated carbocycles. The monoisotopic (exact) mass is 246 g/mol. The van der Waals surface area contributed by atoms with Gasteiger partial charge in [0.1, 0.15) is 0 Å². The van der Waals surface area contributed by atoms with Gasteiger partial charge in [0.05, 0.1) is 0 Å². The second-order valence-electron chi connectivity index (χ2n) is 4.38. The van der Waals surface area contributed by atoms with Gasteiger partial charge in [-0.05, 0) is 18.1 Å². The normalized spacial score (nSPS) is 14.3. The number of hydrogen-bond acceptors (Lipinski definition) is 2. The minimum atomic E-state index is 0.0211. The summed E-state index contributed by atoms with van der Waals surface area (Å²) in [4.78, 5) is 24.9. The second-order valence-corrected chi connectivity index (χ2v) is 4.38. The number of para-hydroxylation sites is 1. The summed E-state index contributed by atoms with van der Waals surface area (Å²) >= 11 is 0. The summed E-state index contributed by atoms with van der Waals surface area (Å²) < 4.78 is 0. The molecule has 0 bridgehead atoms. The fourth-order valence-corrected chi connectivity index (χ4v) is 2.17. The third-order valence-electron chi connectivity index (χ3n) is 3.17. The number of carbonyl (C=O) groups is 2. The molecular formula is C14H18N2O2. The first-order valence-electron chi connectivity index (χ1n) is 6.37. The topological polar surface area (TPSA) is 49.4 Å². The summed E-state index contributed by atoms with van der Waals surface area (Å²) in [6.45, 7) is 2.87. The average Bonchev–Trinajstić information content (AvgIpc) is 2.41. The highest BCUT2D eigenvalue weighted by atomic mass is 16.2. The number of aryl methyl sites for hydroxylation is 1. The van der Waals surface area contributed by atoms with Crippen molar-refractivity contribution in [2.45, 2.75) is 26.2 Å². The zero-order valence-corrected chi connectivity index (χ0v) is 10.6. The summed E-state index contributed by atoms with van der Waals surface area (Å²) in [5.74, 6) is 0.159. The fraction of sp³-hybridized carbons (Fsp3) is 0.429. The van der Waals surface area contributed by atoms with E-state index in [1.54, 1.807) is 4.90 Å². The molecule has 0 aromatic heterocycles. The molecule has 1 N–H and O–H groups in total. The Kier molecular flexibility index (Phi) is 3.97. The van der Waals surface area contributed by atoms with E-state index in [0.29, 0.717) is 25.9 Å². The summed E-state index contributed by atoms with van der Waals surface area (Å²) in [6.07, 6.45) is 1.84. The third-order valence-corrected chi connectivity index (χ3v) is 3.17. The number of nitrogens with one attached hydrogen (secondary N) is 1. The van der Waals surface area contributed by atoms with Gasteiger partial charge in [-0.1, -0.05) is 25.1 Å². The Morgan fingerprint density at radius 1 is 1.33 bits per heavy atom. The van der Waals surface area contributed by atoms with Crippen LogP contribution < -0.4 is 10.2 Å². The van der Waals surface area contributed by atoms with Crippen molar-refractivity contribution in [2.24, 2.45) is 0 Å². The minimum Gasteiger partial charge on any atom is -0.354 e. The van der Waals surface area contributed by atoms with E-state index in [9.17, 15) is 9.59 Å². The highest BCUT2D eigenvalue weighted by Gasteiger charge is 2.23. The van der Waals surface area contributed by atoms with Crippen LogP contribution in [0.3, 0.4) is 0 Å². The molecule has 0 radical (unpaired) electrons. The molecule has 1 aromatic carbocycles. The lowest BCUT2D eigenvalue weighted by Gasteiger charge is -2.29. The number of nitrogens with zero attached hydrogens (tertiary/aromatic N) is 1. The van der Waals surface area contributed by atoms with Crippen LogP contribution in [0.4, 0.5) is 5.69 Å². The molecule has 4 heteroatoms. The van der Waals surface area contributed by atoms with Gasteiger partial charge in [0, 0.05) is 31.6 Å². The quantitative estimate of drug-likeness (QED) is 0.875. The third kappa shape index (κ3) is 2.70. The van der Waals surface area contributed by atoms with Crippen LogP contribution in [0.15, 0.2) is 24.3 Å². The van der Waals surface area contributed by atoms with Gasteiger partial charge >= 0.3 is 0 Å². The van der Waals surface area contributed by atoms with Crippen molar-refractivity contribution in [3.63, 3.8) is 0 Å². The van der Waals surface area contributed by atoms with Crippen LogP contribution in [-0.4, -0.2) is 24.9 Å². The van der Waals surface area contributed by atoms with E-state index in [1.807, 2.05) is 25.1 Å². The van der Waals surface area contributed by atoms with Crippen LogP contribution >= 0.6 is 0 Å². The molecule has 4 nitrogen and oxygen atoms in total. The van der Waals surface area contributed by atoms with Gasteiger partial charge in [-0.2, -0.15) is 0 Å². The van der Waals surface area contributed by atoms with Crippen LogP contribution in [0.25, 0.3) is 0 Å². The fourth-order valence-electron chi connectivity index (χ4n) is 2.17. The van der Waals surface area contributed by atoms with E-state index >= 15 is 0 Å². The van der Waals surface area contributed by atoms with Gasteiger partial charge < -0.3 is 10.2 Å². The van der Waals surface area contributed by atoms with Crippen LogP contribution in [0.2, 0.25) is 0 Å². The van der Waals surface area contributed by atoms with E-state index in [0.717, 1.165) is 12.1 Å². The molecule has 0 atom stereocenters. The van der Waals surface area contributed by atoms with Gasteiger partial charge in [0.25, 0.3) is 0 Å². The summed E-state index contributed by atoms with van der Waals surface area (Å²) in [6, 6.07) is 7.95. The highest BCUT2D eigenvalue weighted by molar-refractivity contribution is 5.96. The second kappa shape index (κ2) is 5.67. The zero-order valence-electron chi connectivity index (χ0n) is 10.6. The Morgan fingerprint density at radius 2 is 2.11 bits per heavy atom. The summed E-state index contributed by atoms with van der Waals surface area (Å²) in [5, 5.41) is 2.80. The first kappa shape index (κ1) is 12.6. The lowest BCUT2D eigenvalue weighted by Crippen LogP contribution is -2.40. The number of hydrogen-bond donors (Lipinski definition) is 1. The molecule has 0 fully saturated rings. The van der Waals surface area contributed by atoms with Gasteiger partial charge in [0.2, 0.25) is 11.8 Å². The van der Waals surface area contributed by atoms with E-state index in [4.69, 9.17) is 0 Å². The first-order valence-corrected chi connectivity index (χ1v) is 6.37. The Balaban J connectivity index is 2.03. The van der Waals surface area contributed by atoms with E-state index in [-0.39, 0.29) is 11.8 Å². The van der Waals surface area contributed by atoms with Crippen LogP contribution in [0.1, 0.15) is 25.3 Å². The average molecular weight is 246 g/mol. The van der Waals surface area contributed by atoms with E-state index < -0.39 is 0 Å². The number of carbonyl (C=O) groups excluding carboxylic acids is 2. The molecule has 0 spiro atoms. The maximum Gasteiger partial charge on any atom is 0.227 e. The standard InChI is InChI=1S/C14H18N2O2/c1-2-13(17)15-9-10-16-12-6-4-3-5-11(12)7-8-14(16)18/h3-6H,2,7-10H2,1H3,(H,15,17). The van der Waals surface area contributed by atoms with Gasteiger partial charge in [0.15, 0.2) is 0 Å². The molecule has 0 aliphatic carbocycles. The van der Waals surface area contributed by atoms with Crippen molar-refractivity contribution in [1.29, 1.82) is 0 Å². The highest BCUT2D eigenvalue weighted by Crippen LogP contribution is 2.26. The largest absolute Gasteiger partial charge is 0.354 e. The van der Waals surface area contributed by atoms with Gasteiger partial charge in [-0.15, -0.1) is 0 Å². The molecule has 0 saturated heterocycles. The van der Waals surface area contributed by atoms with Crippen molar-refractivity contribution in [3.05, 3.63) is 29.8 Å². The van der Waals surface area contributed by atoms with Crippen molar-refractivity contribution in [1.82, 2.24) is 5.32 Å². The lowest BCUT2D eigenvalue weighted by molar-refractivity contribution is -0.121. The Hall–Kier alpha value is -1.84. The smallest absolute Gasteiger partial charge is 0.227 e. The van der Waals surface area contributed by atoms with Crippen molar-refractivity contribution in [2.75, 3.05) is 18.0 Å². The minimum absolute atomic E-state index is 0.0211. The summed E-state index contributed by atoms with van der Waals surface area (Å²) in [7, 11) is 0. The molecule has 96 valence electrons. The van der Waals surface area contributed by atoms with Crippen molar-refractivity contribution in [3.8, 4) is 0 Å². The number of anilines is 1. The Morgan fingerprint density at radius 3 is 2.89 bits per heavy atom. The molecule has 1 aliphatic rings. The molecule has 18 heavy (non-hydrogen) atoms. The number of benzene rings is 1. The molecule has 2 rings (SSSR count). The van der Waals surface area contributed by atoms with Crippen molar-refractivity contribution < 1.29 is 9.59 Å². The van der Waals surface area contributed by atoms with E-state index in [1.165, 1.54) is 5.56 Å². The Labute approximate surface area is 107 Å². The van der Waals surface area contributed by atoms with E-state index in [2.05, 4.69) is 11.4 Å². The van der Waals surface area contributed by atoms with Gasteiger partial charge in [-0.3, -0.25) is 9.59 Å². The maximum absolute atomic E-state index is 11.9. The van der Waals surface area contributed by atoms with Crippen molar-refractivity contribution >= 4 is 17.5 Å². The zero-order chi connectivity index (χ0) is 13.0. The molecule has 1 heterocycles. The maximum atomic E-state index is 11.9. The lowest BCUT2D eigenvalue weighted by atomic mass is 10.0. The Bertz CT molecular complexity index is 457. The predicted molar refractivity (Wildman–Crippen MR) is 70.4 cm³/mol. The van der Waals surface area contributed by atoms with Crippen LogP contribution in [0, 0.1) is 0 Å². The SMILES string of the molecule is CCC(=O)NCCN1C(=O)CCc2ccccc21. The molecule has 1 aliphatic heterocycles. The molecule has 0 unspecified atom stereocenters. The molecular weight excluding hydrogens is 228 g/mol. The van der Waals surface area contributed by atoms with Crippen LogP contribution in [-0.2, 0) is 16.0 Å². The first-order chi connectivity index (χ1) is 8.72. The number of fused-ring (bicyclic) bond motifs is 1.